The number of nitrogens with zero attached hydrogens (tertiary/aromatic N) is 1. The maximum Gasteiger partial charge on any atom is 0.247 e. The van der Waals surface area contributed by atoms with Gasteiger partial charge in [0.1, 0.15) is 42.3 Å². The molecule has 4 aromatic rings. The lowest BCUT2D eigenvalue weighted by Gasteiger charge is -2.28. The number of imidazole rings is 1. The topological polar surface area (TPSA) is 411 Å². The van der Waals surface area contributed by atoms with Gasteiger partial charge >= 0.3 is 0 Å². The second kappa shape index (κ2) is 28.4. The van der Waals surface area contributed by atoms with Crippen molar-refractivity contribution in [2.24, 2.45) is 11.5 Å². The number of para-hydroxylation sites is 1. The number of nitrogens with one attached hydrogen (secondary N) is 13. The van der Waals surface area contributed by atoms with Gasteiger partial charge in [0.05, 0.1) is 12.0 Å². The summed E-state index contributed by atoms with van der Waals surface area (Å²) in [6, 6.07) is 5.05. The van der Waals surface area contributed by atoms with E-state index in [-0.39, 0.29) is 50.2 Å². The lowest BCUT2D eigenvalue weighted by Crippen LogP contribution is -2.61. The Labute approximate surface area is 431 Å². The van der Waals surface area contributed by atoms with E-state index in [4.69, 9.17) is 16.9 Å². The fourth-order valence-corrected chi connectivity index (χ4v) is 8.07. The minimum absolute atomic E-state index is 0.0649. The molecule has 402 valence electrons. The number of nitrogens with two attached hydrogens (primary N) is 2. The summed E-state index contributed by atoms with van der Waals surface area (Å²) >= 11 is 0. The standard InChI is InChI=1S/C49H66N16O10/c1-3-4-14-33(59-27(2)66)43(70)63-38-25-57-40(68)18-17-39(67)56-24-37(46(73)61-35(42(50)69)20-29-22-55-32-15-9-8-13-31(29)32)64-44(71)34(16-10-19-54-49(51)52)60-48(75)41(28-11-6-5-7-12-28)65-45(72)36(62-47(38)74)21-30-23-53-26-58-30/h5-9,11-13,15,22-23,26,33-38,41,55H,3-4,10,14,16-21,24-25H2,1-2H3,(H2,50,69)(H,53,58)(H,56,67)(H,57,68)(H,59,66)(H,60,75)(H,61,73)(H,62,74)(H,63,70)(H,64,71)(H,65,72)(H4,51,52,54)/t33-,34-,35-,36-,37?,38-,41?/m0/s1. The van der Waals surface area contributed by atoms with Crippen LogP contribution in [0.3, 0.4) is 0 Å². The minimum Gasteiger partial charge on any atom is -0.370 e. The Hall–Kier alpha value is -8.84. The molecule has 26 heteroatoms. The minimum atomic E-state index is -1.63. The van der Waals surface area contributed by atoms with Gasteiger partial charge < -0.3 is 74.6 Å². The largest absolute Gasteiger partial charge is 0.370 e. The van der Waals surface area contributed by atoms with E-state index in [0.29, 0.717) is 24.1 Å². The molecule has 5 rings (SSSR count). The summed E-state index contributed by atoms with van der Waals surface area (Å²) in [5.74, 6) is -8.76. The molecular formula is C49H66N16O10. The van der Waals surface area contributed by atoms with E-state index in [1.54, 1.807) is 30.5 Å². The van der Waals surface area contributed by atoms with E-state index in [2.05, 4.69) is 68.1 Å². The first-order valence-electron chi connectivity index (χ1n) is 24.5. The average Bonchev–Trinajstić information content (AvgIpc) is 4.06. The van der Waals surface area contributed by atoms with Gasteiger partial charge in [0.15, 0.2) is 5.96 Å². The van der Waals surface area contributed by atoms with Gasteiger partial charge in [-0.05, 0) is 36.5 Å². The second-order valence-corrected chi connectivity index (χ2v) is 17.9. The normalized spacial score (nSPS) is 20.2. The number of aromatic amines is 2. The number of aromatic nitrogens is 3. The highest BCUT2D eigenvalue weighted by atomic mass is 16.2. The zero-order chi connectivity index (χ0) is 54.4. The third-order valence-electron chi connectivity index (χ3n) is 12.1. The fourth-order valence-electron chi connectivity index (χ4n) is 8.07. The van der Waals surface area contributed by atoms with Crippen LogP contribution in [0.15, 0.2) is 73.3 Å². The van der Waals surface area contributed by atoms with Crippen LogP contribution in [0, 0.1) is 5.41 Å². The van der Waals surface area contributed by atoms with Gasteiger partial charge in [0.25, 0.3) is 0 Å². The summed E-state index contributed by atoms with van der Waals surface area (Å²) in [6.07, 6.45) is 4.60. The van der Waals surface area contributed by atoms with Crippen molar-refractivity contribution >= 4 is 75.9 Å². The Morgan fingerprint density at radius 2 is 1.45 bits per heavy atom. The molecule has 10 amide bonds. The molecule has 7 atom stereocenters. The highest BCUT2D eigenvalue weighted by Gasteiger charge is 2.35. The van der Waals surface area contributed by atoms with Crippen LogP contribution >= 0.6 is 0 Å². The molecule has 0 bridgehead atoms. The number of H-pyrrole nitrogens is 2. The Morgan fingerprint density at radius 1 is 0.773 bits per heavy atom. The van der Waals surface area contributed by atoms with E-state index in [9.17, 15) is 47.9 Å². The molecule has 26 nitrogen and oxygen atoms in total. The Bertz CT molecular complexity index is 2660. The molecule has 1 fully saturated rings. The zero-order valence-electron chi connectivity index (χ0n) is 41.6. The molecule has 2 unspecified atom stereocenters. The van der Waals surface area contributed by atoms with Gasteiger partial charge in [-0.3, -0.25) is 53.4 Å². The van der Waals surface area contributed by atoms with Crippen LogP contribution in [0.4, 0.5) is 0 Å². The first kappa shape index (κ1) is 57.1. The first-order valence-corrected chi connectivity index (χ1v) is 24.5. The number of hydrogen-bond donors (Lipinski definition) is 15. The molecule has 0 radical (unpaired) electrons. The van der Waals surface area contributed by atoms with Gasteiger partial charge in [0, 0.05) is 75.5 Å². The van der Waals surface area contributed by atoms with Crippen molar-refractivity contribution in [3.63, 3.8) is 0 Å². The molecule has 0 saturated carbocycles. The Balaban J connectivity index is 1.52. The summed E-state index contributed by atoms with van der Waals surface area (Å²) in [7, 11) is 0. The number of carbonyl (C=O) groups excluding carboxylic acids is 10. The van der Waals surface area contributed by atoms with Crippen molar-refractivity contribution in [3.8, 4) is 0 Å². The van der Waals surface area contributed by atoms with Crippen molar-refractivity contribution in [2.75, 3.05) is 19.6 Å². The predicted octanol–water partition coefficient (Wildman–Crippen LogP) is -2.57. The third kappa shape index (κ3) is 18.0. The van der Waals surface area contributed by atoms with Crippen LogP contribution in [-0.2, 0) is 60.8 Å². The quantitative estimate of drug-likeness (QED) is 0.0277. The van der Waals surface area contributed by atoms with E-state index in [1.165, 1.54) is 31.6 Å². The highest BCUT2D eigenvalue weighted by molar-refractivity contribution is 5.98. The van der Waals surface area contributed by atoms with Crippen LogP contribution < -0.4 is 64.6 Å². The Morgan fingerprint density at radius 3 is 2.12 bits per heavy atom. The number of fused-ring (bicyclic) bond motifs is 1. The maximum absolute atomic E-state index is 14.6. The van der Waals surface area contributed by atoms with E-state index in [0.717, 1.165) is 10.9 Å². The summed E-state index contributed by atoms with van der Waals surface area (Å²) in [5, 5.41) is 34.3. The molecule has 1 saturated heterocycles. The number of hydrogen-bond acceptors (Lipinski definition) is 12. The predicted molar refractivity (Wildman–Crippen MR) is 272 cm³/mol. The Kier molecular flexibility index (Phi) is 21.6. The lowest BCUT2D eigenvalue weighted by molar-refractivity contribution is -0.136. The number of carbonyl (C=O) groups is 10. The van der Waals surface area contributed by atoms with E-state index < -0.39 is 127 Å². The molecular weight excluding hydrogens is 973 g/mol. The number of amides is 10. The number of guanidine groups is 1. The first-order chi connectivity index (χ1) is 35.9. The summed E-state index contributed by atoms with van der Waals surface area (Å²) in [6.45, 7) is 2.03. The van der Waals surface area contributed by atoms with E-state index >= 15 is 0 Å². The fraction of sp³-hybridized carbons (Fsp3) is 0.429. The van der Waals surface area contributed by atoms with Crippen LogP contribution in [0.25, 0.3) is 10.9 Å². The summed E-state index contributed by atoms with van der Waals surface area (Å²) in [5.41, 5.74) is 13.2. The van der Waals surface area contributed by atoms with Crippen molar-refractivity contribution in [1.82, 2.24) is 68.1 Å². The number of unbranched alkanes of at least 4 members (excludes halogenated alkanes) is 1. The van der Waals surface area contributed by atoms with Gasteiger partial charge in [-0.2, -0.15) is 0 Å². The van der Waals surface area contributed by atoms with Crippen molar-refractivity contribution in [3.05, 3.63) is 90.1 Å². The average molecular weight is 1040 g/mol. The number of benzene rings is 2. The third-order valence-corrected chi connectivity index (χ3v) is 12.1. The summed E-state index contributed by atoms with van der Waals surface area (Å²) in [4.78, 5) is 148. The zero-order valence-corrected chi connectivity index (χ0v) is 41.6. The summed E-state index contributed by atoms with van der Waals surface area (Å²) < 4.78 is 0. The highest BCUT2D eigenvalue weighted by Crippen LogP contribution is 2.20. The van der Waals surface area contributed by atoms with Gasteiger partial charge in [-0.15, -0.1) is 0 Å². The monoisotopic (exact) mass is 1040 g/mol. The van der Waals surface area contributed by atoms with Crippen LogP contribution in [0.5, 0.6) is 0 Å². The van der Waals surface area contributed by atoms with Gasteiger partial charge in [-0.25, -0.2) is 4.98 Å². The molecule has 2 aromatic heterocycles. The number of rotatable bonds is 18. The van der Waals surface area contributed by atoms with Crippen molar-refractivity contribution < 1.29 is 47.9 Å². The molecule has 3 heterocycles. The molecule has 2 aromatic carbocycles. The number of primary amides is 1. The SMILES string of the molecule is CCCC[C@H](NC(C)=O)C(=O)N[C@H]1CNC(=O)CCC(=O)NCC(C(=O)N[C@@H](Cc2c[nH]c3ccccc23)C(N)=O)NC(=O)[C@H](CCCNC(=N)N)NC(=O)C(c2ccccc2)NC(=O)[C@H](Cc2c[nH]cn2)NC1=O. The van der Waals surface area contributed by atoms with Crippen molar-refractivity contribution in [2.45, 2.75) is 114 Å². The van der Waals surface area contributed by atoms with E-state index in [1.807, 2.05) is 25.1 Å². The maximum atomic E-state index is 14.6. The smallest absolute Gasteiger partial charge is 0.247 e. The molecule has 75 heavy (non-hydrogen) atoms. The van der Waals surface area contributed by atoms with Crippen molar-refractivity contribution in [1.29, 1.82) is 5.41 Å². The van der Waals surface area contributed by atoms with Crippen LogP contribution in [-0.4, -0.2) is 136 Å². The van der Waals surface area contributed by atoms with Crippen LogP contribution in [0.2, 0.25) is 0 Å². The molecule has 1 aliphatic rings. The van der Waals surface area contributed by atoms with Gasteiger partial charge in [0.2, 0.25) is 59.1 Å². The van der Waals surface area contributed by atoms with Crippen LogP contribution in [0.1, 0.15) is 81.7 Å². The molecule has 0 spiro atoms. The second-order valence-electron chi connectivity index (χ2n) is 17.9. The van der Waals surface area contributed by atoms with Gasteiger partial charge in [-0.1, -0.05) is 68.3 Å². The molecule has 17 N–H and O–H groups in total. The molecule has 0 aliphatic carbocycles. The lowest BCUT2D eigenvalue weighted by atomic mass is 10.0. The molecule has 1 aliphatic heterocycles.